The largest absolute Gasteiger partial charge is 0.383 e. The lowest BCUT2D eigenvalue weighted by Gasteiger charge is -2.03. The molecule has 0 fully saturated rings. The maximum absolute atomic E-state index is 13.4. The first-order valence-electron chi connectivity index (χ1n) is 4.42. The van der Waals surface area contributed by atoms with Crippen LogP contribution in [-0.2, 0) is 7.05 Å². The minimum Gasteiger partial charge on any atom is -0.383 e. The smallest absolute Gasteiger partial charge is 0.161 e. The summed E-state index contributed by atoms with van der Waals surface area (Å²) in [4.78, 5) is 3.83. The van der Waals surface area contributed by atoms with Crippen molar-refractivity contribution in [1.82, 2.24) is 9.55 Å². The van der Waals surface area contributed by atoms with Gasteiger partial charge in [0.25, 0.3) is 0 Å². The molecule has 2 rings (SSSR count). The molecule has 0 bridgehead atoms. The molecule has 6 heteroatoms. The van der Waals surface area contributed by atoms with E-state index < -0.39 is 17.5 Å². The zero-order valence-corrected chi connectivity index (χ0v) is 8.34. The molecule has 0 saturated heterocycles. The molecular weight excluding hydrogens is 219 g/mol. The highest BCUT2D eigenvalue weighted by Crippen LogP contribution is 2.27. The van der Waals surface area contributed by atoms with E-state index in [-0.39, 0.29) is 17.1 Å². The number of nitrogens with zero attached hydrogens (tertiary/aromatic N) is 2. The molecule has 0 aliphatic heterocycles. The molecule has 1 heterocycles. The fourth-order valence-corrected chi connectivity index (χ4v) is 1.35. The standard InChI is InChI=1S/C10H8F3N3/c1-16-4-15-9(10(16)14)5-2-7(12)8(13)3-6(5)11/h2-4H,14H2,1H3. The lowest BCUT2D eigenvalue weighted by molar-refractivity contribution is 0.496. The summed E-state index contributed by atoms with van der Waals surface area (Å²) in [7, 11) is 1.61. The van der Waals surface area contributed by atoms with E-state index in [9.17, 15) is 13.2 Å². The van der Waals surface area contributed by atoms with Crippen LogP contribution in [0.15, 0.2) is 18.5 Å². The summed E-state index contributed by atoms with van der Waals surface area (Å²) in [6.45, 7) is 0. The average molecular weight is 227 g/mol. The van der Waals surface area contributed by atoms with Gasteiger partial charge in [-0.2, -0.15) is 0 Å². The molecule has 3 nitrogen and oxygen atoms in total. The quantitative estimate of drug-likeness (QED) is 0.758. The molecule has 0 atom stereocenters. The topological polar surface area (TPSA) is 43.8 Å². The van der Waals surface area contributed by atoms with Crippen LogP contribution in [0.2, 0.25) is 0 Å². The number of hydrogen-bond acceptors (Lipinski definition) is 2. The molecule has 16 heavy (non-hydrogen) atoms. The van der Waals surface area contributed by atoms with Crippen molar-refractivity contribution in [3.63, 3.8) is 0 Å². The maximum Gasteiger partial charge on any atom is 0.161 e. The van der Waals surface area contributed by atoms with Crippen LogP contribution < -0.4 is 5.73 Å². The van der Waals surface area contributed by atoms with Gasteiger partial charge in [-0.1, -0.05) is 0 Å². The monoisotopic (exact) mass is 227 g/mol. The summed E-state index contributed by atoms with van der Waals surface area (Å²) < 4.78 is 40.5. The third-order valence-electron chi connectivity index (χ3n) is 2.25. The van der Waals surface area contributed by atoms with Gasteiger partial charge in [-0.05, 0) is 6.07 Å². The van der Waals surface area contributed by atoms with Crippen molar-refractivity contribution in [2.75, 3.05) is 5.73 Å². The van der Waals surface area contributed by atoms with Gasteiger partial charge in [0.05, 0.1) is 6.33 Å². The summed E-state index contributed by atoms with van der Waals surface area (Å²) in [5, 5.41) is 0. The molecule has 0 aliphatic carbocycles. The number of nitrogens with two attached hydrogens (primary N) is 1. The van der Waals surface area contributed by atoms with Crippen LogP contribution in [-0.4, -0.2) is 9.55 Å². The molecule has 0 aliphatic rings. The van der Waals surface area contributed by atoms with E-state index in [2.05, 4.69) is 4.98 Å². The number of nitrogen functional groups attached to an aromatic ring is 1. The number of imidazole rings is 1. The highest BCUT2D eigenvalue weighted by molar-refractivity contribution is 5.70. The van der Waals surface area contributed by atoms with Gasteiger partial charge in [-0.25, -0.2) is 18.2 Å². The zero-order chi connectivity index (χ0) is 11.9. The summed E-state index contributed by atoms with van der Waals surface area (Å²) in [5.74, 6) is -3.09. The summed E-state index contributed by atoms with van der Waals surface area (Å²) in [6.07, 6.45) is 1.37. The minimum atomic E-state index is -1.24. The molecule has 1 aromatic carbocycles. The first-order chi connectivity index (χ1) is 7.50. The number of aryl methyl sites for hydroxylation is 1. The van der Waals surface area contributed by atoms with E-state index in [1.807, 2.05) is 0 Å². The van der Waals surface area contributed by atoms with E-state index >= 15 is 0 Å². The highest BCUT2D eigenvalue weighted by Gasteiger charge is 2.16. The van der Waals surface area contributed by atoms with Crippen LogP contribution in [0.3, 0.4) is 0 Å². The van der Waals surface area contributed by atoms with Crippen molar-refractivity contribution in [3.8, 4) is 11.3 Å². The molecule has 0 radical (unpaired) electrons. The Kier molecular flexibility index (Phi) is 2.34. The third-order valence-corrected chi connectivity index (χ3v) is 2.25. The van der Waals surface area contributed by atoms with Gasteiger partial charge in [-0.15, -0.1) is 0 Å². The fraction of sp³-hybridized carbons (Fsp3) is 0.100. The Morgan fingerprint density at radius 3 is 2.31 bits per heavy atom. The molecule has 0 amide bonds. The number of rotatable bonds is 1. The molecule has 0 spiro atoms. The molecule has 2 aromatic rings. The van der Waals surface area contributed by atoms with Crippen LogP contribution >= 0.6 is 0 Å². The van der Waals surface area contributed by atoms with E-state index in [0.29, 0.717) is 6.07 Å². The lowest BCUT2D eigenvalue weighted by atomic mass is 10.1. The third kappa shape index (κ3) is 1.52. The van der Waals surface area contributed by atoms with Gasteiger partial charge >= 0.3 is 0 Å². The van der Waals surface area contributed by atoms with E-state index in [1.165, 1.54) is 10.9 Å². The van der Waals surface area contributed by atoms with Crippen LogP contribution in [0.1, 0.15) is 0 Å². The summed E-state index contributed by atoms with van der Waals surface area (Å²) in [5.41, 5.74) is 5.55. The van der Waals surface area contributed by atoms with E-state index in [0.717, 1.165) is 6.07 Å². The Morgan fingerprint density at radius 2 is 1.75 bits per heavy atom. The Morgan fingerprint density at radius 1 is 1.12 bits per heavy atom. The number of benzene rings is 1. The Labute approximate surface area is 89.3 Å². The highest BCUT2D eigenvalue weighted by atomic mass is 19.2. The van der Waals surface area contributed by atoms with Crippen molar-refractivity contribution < 1.29 is 13.2 Å². The average Bonchev–Trinajstić information content (AvgIpc) is 2.54. The maximum atomic E-state index is 13.4. The van der Waals surface area contributed by atoms with Crippen molar-refractivity contribution in [2.24, 2.45) is 7.05 Å². The van der Waals surface area contributed by atoms with Gasteiger partial charge in [0.2, 0.25) is 0 Å². The fourth-order valence-electron chi connectivity index (χ4n) is 1.35. The van der Waals surface area contributed by atoms with Gasteiger partial charge in [0.15, 0.2) is 11.6 Å². The van der Waals surface area contributed by atoms with Gasteiger partial charge in [0.1, 0.15) is 17.3 Å². The van der Waals surface area contributed by atoms with Crippen LogP contribution in [0.5, 0.6) is 0 Å². The second kappa shape index (κ2) is 3.55. The lowest BCUT2D eigenvalue weighted by Crippen LogP contribution is -1.98. The number of anilines is 1. The van der Waals surface area contributed by atoms with Gasteiger partial charge in [-0.3, -0.25) is 0 Å². The van der Waals surface area contributed by atoms with Crippen molar-refractivity contribution in [2.45, 2.75) is 0 Å². The predicted molar refractivity (Wildman–Crippen MR) is 52.9 cm³/mol. The summed E-state index contributed by atoms with van der Waals surface area (Å²) in [6, 6.07) is 1.21. The molecular formula is C10H8F3N3. The first-order valence-corrected chi connectivity index (χ1v) is 4.42. The molecule has 1 aromatic heterocycles. The molecule has 0 saturated carbocycles. The normalized spacial score (nSPS) is 10.8. The van der Waals surface area contributed by atoms with Crippen molar-refractivity contribution in [3.05, 3.63) is 35.9 Å². The van der Waals surface area contributed by atoms with Crippen LogP contribution in [0, 0.1) is 17.5 Å². The molecule has 84 valence electrons. The van der Waals surface area contributed by atoms with E-state index in [1.54, 1.807) is 7.05 Å². The minimum absolute atomic E-state index is 0.0962. The van der Waals surface area contributed by atoms with E-state index in [4.69, 9.17) is 5.73 Å². The number of hydrogen-bond donors (Lipinski definition) is 1. The van der Waals surface area contributed by atoms with Gasteiger partial charge in [0, 0.05) is 18.7 Å². The Balaban J connectivity index is 2.65. The molecule has 2 N–H and O–H groups in total. The second-order valence-electron chi connectivity index (χ2n) is 3.34. The number of aromatic nitrogens is 2. The zero-order valence-electron chi connectivity index (χ0n) is 8.34. The van der Waals surface area contributed by atoms with Crippen molar-refractivity contribution >= 4 is 5.82 Å². The Hall–Kier alpha value is -1.98. The molecule has 0 unspecified atom stereocenters. The first kappa shape index (κ1) is 10.5. The SMILES string of the molecule is Cn1cnc(-c2cc(F)c(F)cc2F)c1N. The predicted octanol–water partition coefficient (Wildman–Crippen LogP) is 2.09. The summed E-state index contributed by atoms with van der Waals surface area (Å²) >= 11 is 0. The van der Waals surface area contributed by atoms with Crippen molar-refractivity contribution in [1.29, 1.82) is 0 Å². The second-order valence-corrected chi connectivity index (χ2v) is 3.34. The van der Waals surface area contributed by atoms with Crippen LogP contribution in [0.25, 0.3) is 11.3 Å². The van der Waals surface area contributed by atoms with Gasteiger partial charge < -0.3 is 10.3 Å². The number of halogens is 3. The Bertz CT molecular complexity index is 548. The van der Waals surface area contributed by atoms with Crippen LogP contribution in [0.4, 0.5) is 19.0 Å².